The highest BCUT2D eigenvalue weighted by Gasteiger charge is 2.13. The van der Waals surface area contributed by atoms with Crippen molar-refractivity contribution in [1.82, 2.24) is 5.32 Å². The van der Waals surface area contributed by atoms with Crippen LogP contribution in [-0.4, -0.2) is 0 Å². The van der Waals surface area contributed by atoms with E-state index in [0.717, 1.165) is 11.1 Å². The van der Waals surface area contributed by atoms with Crippen molar-refractivity contribution in [2.75, 3.05) is 0 Å². The fourth-order valence-corrected chi connectivity index (χ4v) is 2.42. The minimum absolute atomic E-state index is 0.0210. The summed E-state index contributed by atoms with van der Waals surface area (Å²) in [7, 11) is 0. The second kappa shape index (κ2) is 6.46. The van der Waals surface area contributed by atoms with Crippen LogP contribution in [0.25, 0.3) is 0 Å². The van der Waals surface area contributed by atoms with Crippen LogP contribution >= 0.6 is 15.9 Å². The Kier molecular flexibility index (Phi) is 4.89. The molecular formula is C16H16BrF2N. The van der Waals surface area contributed by atoms with Crippen LogP contribution in [0.5, 0.6) is 0 Å². The van der Waals surface area contributed by atoms with Crippen LogP contribution in [0.15, 0.2) is 40.9 Å². The monoisotopic (exact) mass is 339 g/mol. The number of benzene rings is 2. The van der Waals surface area contributed by atoms with Crippen molar-refractivity contribution in [3.05, 3.63) is 69.2 Å². The van der Waals surface area contributed by atoms with Gasteiger partial charge in [0.25, 0.3) is 0 Å². The third-order valence-electron chi connectivity index (χ3n) is 3.27. The third kappa shape index (κ3) is 3.44. The zero-order valence-corrected chi connectivity index (χ0v) is 13.0. The van der Waals surface area contributed by atoms with Gasteiger partial charge in [-0.1, -0.05) is 29.8 Å². The lowest BCUT2D eigenvalue weighted by Crippen LogP contribution is -2.19. The molecule has 4 heteroatoms. The Balaban J connectivity index is 2.11. The third-order valence-corrected chi connectivity index (χ3v) is 3.88. The van der Waals surface area contributed by atoms with E-state index in [1.165, 1.54) is 12.1 Å². The second-order valence-electron chi connectivity index (χ2n) is 4.84. The first-order valence-corrected chi connectivity index (χ1v) is 7.20. The lowest BCUT2D eigenvalue weighted by molar-refractivity contribution is 0.506. The highest BCUT2D eigenvalue weighted by molar-refractivity contribution is 9.10. The molecule has 0 aromatic heterocycles. The van der Waals surface area contributed by atoms with Crippen molar-refractivity contribution in [3.63, 3.8) is 0 Å². The Morgan fingerprint density at radius 2 is 1.95 bits per heavy atom. The zero-order valence-electron chi connectivity index (χ0n) is 11.4. The fraction of sp³-hybridized carbons (Fsp3) is 0.250. The summed E-state index contributed by atoms with van der Waals surface area (Å²) in [5.41, 5.74) is 2.32. The SMILES string of the molecule is Cc1cccc([C@H](C)NCc2c(F)ccc(Br)c2F)c1. The quantitative estimate of drug-likeness (QED) is 0.782. The number of rotatable bonds is 4. The molecule has 0 radical (unpaired) electrons. The van der Waals surface area contributed by atoms with E-state index in [1.54, 1.807) is 0 Å². The molecule has 0 fully saturated rings. The van der Waals surface area contributed by atoms with Gasteiger partial charge in [0.1, 0.15) is 11.6 Å². The molecule has 0 saturated heterocycles. The summed E-state index contributed by atoms with van der Waals surface area (Å²) >= 11 is 3.07. The molecule has 2 aromatic rings. The lowest BCUT2D eigenvalue weighted by atomic mass is 10.1. The largest absolute Gasteiger partial charge is 0.306 e. The molecule has 0 bridgehead atoms. The van der Waals surface area contributed by atoms with Crippen molar-refractivity contribution < 1.29 is 8.78 Å². The lowest BCUT2D eigenvalue weighted by Gasteiger charge is -2.16. The molecule has 1 N–H and O–H groups in total. The predicted molar refractivity (Wildman–Crippen MR) is 80.5 cm³/mol. The highest BCUT2D eigenvalue weighted by atomic mass is 79.9. The minimum Gasteiger partial charge on any atom is -0.306 e. The number of hydrogen-bond acceptors (Lipinski definition) is 1. The summed E-state index contributed by atoms with van der Waals surface area (Å²) in [6.45, 7) is 4.14. The van der Waals surface area contributed by atoms with Crippen molar-refractivity contribution in [3.8, 4) is 0 Å². The van der Waals surface area contributed by atoms with E-state index < -0.39 is 11.6 Å². The first-order chi connectivity index (χ1) is 9.49. The summed E-state index contributed by atoms with van der Waals surface area (Å²) in [5.74, 6) is -1.08. The maximum Gasteiger partial charge on any atom is 0.144 e. The molecule has 0 aliphatic rings. The van der Waals surface area contributed by atoms with Crippen LogP contribution in [-0.2, 0) is 6.54 Å². The fourth-order valence-electron chi connectivity index (χ4n) is 2.04. The molecule has 0 aliphatic carbocycles. The number of nitrogens with one attached hydrogen (secondary N) is 1. The van der Waals surface area contributed by atoms with Crippen LogP contribution in [0.2, 0.25) is 0 Å². The van der Waals surface area contributed by atoms with Crippen LogP contribution in [0.3, 0.4) is 0 Å². The number of aryl methyl sites for hydroxylation is 1. The molecule has 1 nitrogen and oxygen atoms in total. The Morgan fingerprint density at radius 1 is 1.20 bits per heavy atom. The molecular weight excluding hydrogens is 324 g/mol. The topological polar surface area (TPSA) is 12.0 Å². The van der Waals surface area contributed by atoms with Gasteiger partial charge in [0.05, 0.1) is 4.47 Å². The normalized spacial score (nSPS) is 12.4. The van der Waals surface area contributed by atoms with Crippen LogP contribution in [0, 0.1) is 18.6 Å². The first kappa shape index (κ1) is 15.1. The van der Waals surface area contributed by atoms with Gasteiger partial charge in [-0.2, -0.15) is 0 Å². The van der Waals surface area contributed by atoms with E-state index in [4.69, 9.17) is 0 Å². The van der Waals surface area contributed by atoms with Gasteiger partial charge in [-0.3, -0.25) is 0 Å². The standard InChI is InChI=1S/C16H16BrF2N/c1-10-4-3-5-12(8-10)11(2)20-9-13-15(18)7-6-14(17)16(13)19/h3-8,11,20H,9H2,1-2H3/t11-/m0/s1. The Morgan fingerprint density at radius 3 is 2.65 bits per heavy atom. The Labute approximate surface area is 126 Å². The first-order valence-electron chi connectivity index (χ1n) is 6.41. The average Bonchev–Trinajstić information content (AvgIpc) is 2.43. The van der Waals surface area contributed by atoms with E-state index >= 15 is 0 Å². The van der Waals surface area contributed by atoms with Crippen LogP contribution in [0.1, 0.15) is 29.7 Å². The molecule has 0 heterocycles. The van der Waals surface area contributed by atoms with E-state index in [0.29, 0.717) is 0 Å². The van der Waals surface area contributed by atoms with Gasteiger partial charge >= 0.3 is 0 Å². The molecule has 20 heavy (non-hydrogen) atoms. The molecule has 0 spiro atoms. The smallest absolute Gasteiger partial charge is 0.144 e. The molecule has 1 atom stereocenters. The molecule has 0 unspecified atom stereocenters. The van der Waals surface area contributed by atoms with E-state index in [9.17, 15) is 8.78 Å². The Hall–Kier alpha value is -1.26. The summed E-state index contributed by atoms with van der Waals surface area (Å²) in [4.78, 5) is 0. The van der Waals surface area contributed by atoms with Crippen molar-refractivity contribution in [1.29, 1.82) is 0 Å². The van der Waals surface area contributed by atoms with Gasteiger partial charge in [-0.05, 0) is 47.5 Å². The van der Waals surface area contributed by atoms with Gasteiger partial charge < -0.3 is 5.32 Å². The molecule has 2 aromatic carbocycles. The zero-order chi connectivity index (χ0) is 14.7. The van der Waals surface area contributed by atoms with Crippen molar-refractivity contribution >= 4 is 15.9 Å². The summed E-state index contributed by atoms with van der Waals surface area (Å²) < 4.78 is 27.8. The van der Waals surface area contributed by atoms with Gasteiger partial charge in [0.2, 0.25) is 0 Å². The number of hydrogen-bond donors (Lipinski definition) is 1. The number of halogens is 3. The maximum absolute atomic E-state index is 13.9. The highest BCUT2D eigenvalue weighted by Crippen LogP contribution is 2.22. The van der Waals surface area contributed by atoms with Crippen LogP contribution in [0.4, 0.5) is 8.78 Å². The Bertz CT molecular complexity index is 613. The van der Waals surface area contributed by atoms with Gasteiger partial charge in [-0.25, -0.2) is 8.78 Å². The van der Waals surface area contributed by atoms with Crippen molar-refractivity contribution in [2.24, 2.45) is 0 Å². The van der Waals surface area contributed by atoms with Gasteiger partial charge in [0.15, 0.2) is 0 Å². The molecule has 0 saturated carbocycles. The summed E-state index contributed by atoms with van der Waals surface area (Å²) in [5, 5.41) is 3.15. The van der Waals surface area contributed by atoms with E-state index in [2.05, 4.69) is 27.3 Å². The molecule has 106 valence electrons. The molecule has 0 amide bonds. The minimum atomic E-state index is -0.547. The van der Waals surface area contributed by atoms with Gasteiger partial charge in [-0.15, -0.1) is 0 Å². The predicted octanol–water partition coefficient (Wildman–Crippen LogP) is 4.89. The van der Waals surface area contributed by atoms with Crippen molar-refractivity contribution in [2.45, 2.75) is 26.4 Å². The molecule has 2 rings (SSSR count). The second-order valence-corrected chi connectivity index (χ2v) is 5.69. The van der Waals surface area contributed by atoms with E-state index in [1.807, 2.05) is 32.0 Å². The summed E-state index contributed by atoms with van der Waals surface area (Å²) in [6, 6.07) is 10.7. The van der Waals surface area contributed by atoms with Crippen LogP contribution < -0.4 is 5.32 Å². The van der Waals surface area contributed by atoms with Gasteiger partial charge in [0, 0.05) is 18.2 Å². The summed E-state index contributed by atoms with van der Waals surface area (Å²) in [6.07, 6.45) is 0. The average molecular weight is 340 g/mol. The maximum atomic E-state index is 13.9. The van der Waals surface area contributed by atoms with E-state index in [-0.39, 0.29) is 22.6 Å². The molecule has 0 aliphatic heterocycles.